The molecule has 5 aromatic rings. The summed E-state index contributed by atoms with van der Waals surface area (Å²) < 4.78 is 0. The van der Waals surface area contributed by atoms with Crippen molar-refractivity contribution in [1.82, 2.24) is 20.3 Å². The predicted octanol–water partition coefficient (Wildman–Crippen LogP) is 7.77. The van der Waals surface area contributed by atoms with E-state index in [-0.39, 0.29) is 17.9 Å². The van der Waals surface area contributed by atoms with Crippen molar-refractivity contribution in [2.45, 2.75) is 42.5 Å². The van der Waals surface area contributed by atoms with E-state index in [0.717, 1.165) is 32.1 Å². The molecule has 0 saturated heterocycles. The predicted molar refractivity (Wildman–Crippen MR) is 163 cm³/mol. The van der Waals surface area contributed by atoms with Crippen molar-refractivity contribution in [3.05, 3.63) is 107 Å². The van der Waals surface area contributed by atoms with Gasteiger partial charge in [0.15, 0.2) is 5.65 Å². The summed E-state index contributed by atoms with van der Waals surface area (Å²) in [5.74, 6) is 0.702. The van der Waals surface area contributed by atoms with Gasteiger partial charge in [-0.15, -0.1) is 0 Å². The van der Waals surface area contributed by atoms with Crippen molar-refractivity contribution in [2.24, 2.45) is 0 Å². The Morgan fingerprint density at radius 1 is 0.925 bits per heavy atom. The number of pyridine rings is 1. The fourth-order valence-corrected chi connectivity index (χ4v) is 5.15. The Hall–Kier alpha value is -4.14. The highest BCUT2D eigenvalue weighted by Crippen LogP contribution is 2.37. The van der Waals surface area contributed by atoms with Crippen LogP contribution in [0.4, 0.5) is 17.2 Å². The number of fused-ring (bicyclic) bond motifs is 1. The molecule has 202 valence electrons. The van der Waals surface area contributed by atoms with Crippen LogP contribution in [0.3, 0.4) is 0 Å². The first-order valence-corrected chi connectivity index (χ1v) is 14.1. The summed E-state index contributed by atoms with van der Waals surface area (Å²) in [5, 5.41) is 7.98. The van der Waals surface area contributed by atoms with Gasteiger partial charge in [-0.1, -0.05) is 49.3 Å². The number of rotatable bonds is 8. The topological polar surface area (TPSA) is 106 Å². The number of nitrogen functional groups attached to an aromatic ring is 1. The molecule has 1 unspecified atom stereocenters. The Balaban J connectivity index is 1.48. The Morgan fingerprint density at radius 2 is 1.68 bits per heavy atom. The van der Waals surface area contributed by atoms with Crippen LogP contribution in [0.15, 0.2) is 95.0 Å². The van der Waals surface area contributed by atoms with E-state index in [4.69, 9.17) is 22.3 Å². The number of nitrogens with zero attached hydrogens (tertiary/aromatic N) is 3. The minimum atomic E-state index is -0.197. The van der Waals surface area contributed by atoms with E-state index in [2.05, 4.69) is 34.4 Å². The van der Waals surface area contributed by atoms with Crippen LogP contribution in [-0.4, -0.2) is 20.9 Å². The van der Waals surface area contributed by atoms with E-state index >= 15 is 0 Å². The first-order valence-electron chi connectivity index (χ1n) is 12.9. The standard InChI is InChI=1S/C31H29ClN6OS/c1-18(2)26-14-13-25-29(37-26)34-17-35-30(25)38-27-16-21(6-15-28(27)40-24-11-9-23(33)10-12-24)31(39)36-19(3)20-4-7-22(32)8-5-20/h4-19H,33H2,1-3H3,(H,36,39)(H,34,35,37,38). The van der Waals surface area contributed by atoms with Gasteiger partial charge < -0.3 is 16.4 Å². The lowest BCUT2D eigenvalue weighted by atomic mass is 10.1. The third kappa shape index (κ3) is 6.35. The minimum absolute atomic E-state index is 0.190. The molecule has 0 aliphatic rings. The fraction of sp³-hybridized carbons (Fsp3) is 0.161. The largest absolute Gasteiger partial charge is 0.399 e. The second-order valence-corrected chi connectivity index (χ2v) is 11.3. The number of amides is 1. The van der Waals surface area contributed by atoms with Gasteiger partial charge in [0.25, 0.3) is 5.91 Å². The number of anilines is 3. The van der Waals surface area contributed by atoms with E-state index in [1.807, 2.05) is 85.8 Å². The summed E-state index contributed by atoms with van der Waals surface area (Å²) in [6, 6.07) is 24.5. The molecule has 0 aliphatic heterocycles. The maximum Gasteiger partial charge on any atom is 0.251 e. The Bertz CT molecular complexity index is 1660. The lowest BCUT2D eigenvalue weighted by Gasteiger charge is -2.17. The van der Waals surface area contributed by atoms with Crippen molar-refractivity contribution in [1.29, 1.82) is 0 Å². The lowest BCUT2D eigenvalue weighted by Crippen LogP contribution is -2.26. The SMILES string of the molecule is CC(C)c1ccc2c(Nc3cc(C(=O)NC(C)c4ccc(Cl)cc4)ccc3Sc3ccc(N)cc3)ncnc2n1. The van der Waals surface area contributed by atoms with E-state index in [0.29, 0.717) is 27.7 Å². The molecule has 5 rings (SSSR count). The molecule has 0 bridgehead atoms. The Labute approximate surface area is 242 Å². The van der Waals surface area contributed by atoms with Gasteiger partial charge >= 0.3 is 0 Å². The number of hydrogen-bond donors (Lipinski definition) is 3. The molecule has 0 fully saturated rings. The number of carbonyl (C=O) groups excluding carboxylic acids is 1. The number of nitrogens with one attached hydrogen (secondary N) is 2. The maximum absolute atomic E-state index is 13.3. The van der Waals surface area contributed by atoms with Gasteiger partial charge in [0.2, 0.25) is 0 Å². The quantitative estimate of drug-likeness (QED) is 0.164. The van der Waals surface area contributed by atoms with Crippen molar-refractivity contribution in [2.75, 3.05) is 11.1 Å². The lowest BCUT2D eigenvalue weighted by molar-refractivity contribution is 0.0940. The fourth-order valence-electron chi connectivity index (χ4n) is 4.14. The third-order valence-electron chi connectivity index (χ3n) is 6.43. The van der Waals surface area contributed by atoms with Crippen LogP contribution >= 0.6 is 23.4 Å². The molecule has 2 aromatic heterocycles. The first-order chi connectivity index (χ1) is 19.3. The number of hydrogen-bond acceptors (Lipinski definition) is 7. The maximum atomic E-state index is 13.3. The summed E-state index contributed by atoms with van der Waals surface area (Å²) in [7, 11) is 0. The third-order valence-corrected chi connectivity index (χ3v) is 7.77. The summed E-state index contributed by atoms with van der Waals surface area (Å²) in [5.41, 5.74) is 10.4. The Morgan fingerprint density at radius 3 is 2.40 bits per heavy atom. The van der Waals surface area contributed by atoms with Gasteiger partial charge in [0.1, 0.15) is 12.1 Å². The van der Waals surface area contributed by atoms with Gasteiger partial charge in [-0.25, -0.2) is 15.0 Å². The van der Waals surface area contributed by atoms with Crippen LogP contribution < -0.4 is 16.4 Å². The molecular weight excluding hydrogens is 540 g/mol. The molecule has 40 heavy (non-hydrogen) atoms. The van der Waals surface area contributed by atoms with Crippen LogP contribution in [0.25, 0.3) is 11.0 Å². The van der Waals surface area contributed by atoms with Gasteiger partial charge in [-0.05, 0) is 85.1 Å². The molecule has 9 heteroatoms. The molecule has 0 saturated carbocycles. The van der Waals surface area contributed by atoms with Gasteiger partial charge in [0.05, 0.1) is 17.1 Å². The van der Waals surface area contributed by atoms with Crippen molar-refractivity contribution >= 4 is 57.5 Å². The summed E-state index contributed by atoms with van der Waals surface area (Å²) in [6.07, 6.45) is 1.50. The van der Waals surface area contributed by atoms with E-state index in [1.165, 1.54) is 6.33 Å². The van der Waals surface area contributed by atoms with Crippen LogP contribution in [0, 0.1) is 0 Å². The van der Waals surface area contributed by atoms with Crippen molar-refractivity contribution in [3.63, 3.8) is 0 Å². The zero-order chi connectivity index (χ0) is 28.2. The monoisotopic (exact) mass is 568 g/mol. The highest BCUT2D eigenvalue weighted by molar-refractivity contribution is 7.99. The number of nitrogens with two attached hydrogens (primary N) is 1. The van der Waals surface area contributed by atoms with Gasteiger partial charge in [0, 0.05) is 31.8 Å². The molecular formula is C31H29ClN6OS. The number of halogens is 1. The molecule has 1 amide bonds. The zero-order valence-electron chi connectivity index (χ0n) is 22.4. The normalized spacial score (nSPS) is 11.9. The number of aromatic nitrogens is 3. The van der Waals surface area contributed by atoms with Crippen molar-refractivity contribution in [3.8, 4) is 0 Å². The molecule has 1 atom stereocenters. The summed E-state index contributed by atoms with van der Waals surface area (Å²) in [4.78, 5) is 28.8. The van der Waals surface area contributed by atoms with Crippen LogP contribution in [0.1, 0.15) is 54.3 Å². The summed E-state index contributed by atoms with van der Waals surface area (Å²) in [6.45, 7) is 6.14. The van der Waals surface area contributed by atoms with Gasteiger partial charge in [-0.3, -0.25) is 4.79 Å². The van der Waals surface area contributed by atoms with Crippen LogP contribution in [0.5, 0.6) is 0 Å². The highest BCUT2D eigenvalue weighted by Gasteiger charge is 2.16. The average molecular weight is 569 g/mol. The van der Waals surface area contributed by atoms with E-state index in [1.54, 1.807) is 11.8 Å². The second-order valence-electron chi connectivity index (χ2n) is 9.74. The smallest absolute Gasteiger partial charge is 0.251 e. The molecule has 2 heterocycles. The summed E-state index contributed by atoms with van der Waals surface area (Å²) >= 11 is 7.59. The van der Waals surface area contributed by atoms with E-state index in [9.17, 15) is 4.79 Å². The number of carbonyl (C=O) groups is 1. The molecule has 0 aliphatic carbocycles. The van der Waals surface area contributed by atoms with Gasteiger partial charge in [-0.2, -0.15) is 0 Å². The molecule has 7 nitrogen and oxygen atoms in total. The first kappa shape index (κ1) is 27.4. The average Bonchev–Trinajstić information content (AvgIpc) is 2.95. The zero-order valence-corrected chi connectivity index (χ0v) is 23.9. The van der Waals surface area contributed by atoms with Crippen LogP contribution in [-0.2, 0) is 0 Å². The number of benzene rings is 3. The molecule has 0 radical (unpaired) electrons. The van der Waals surface area contributed by atoms with Crippen molar-refractivity contribution < 1.29 is 4.79 Å². The molecule has 3 aromatic carbocycles. The second kappa shape index (κ2) is 11.9. The minimum Gasteiger partial charge on any atom is -0.399 e. The molecule has 0 spiro atoms. The molecule has 4 N–H and O–H groups in total. The highest BCUT2D eigenvalue weighted by atomic mass is 35.5. The van der Waals surface area contributed by atoms with Crippen LogP contribution in [0.2, 0.25) is 5.02 Å². The van der Waals surface area contributed by atoms with E-state index < -0.39 is 0 Å². The Kier molecular flexibility index (Phi) is 8.19.